The third-order valence-electron chi connectivity index (χ3n) is 13.7. The highest BCUT2D eigenvalue weighted by Crippen LogP contribution is 2.66. The fourth-order valence-electron chi connectivity index (χ4n) is 11.2. The van der Waals surface area contributed by atoms with Crippen molar-refractivity contribution in [2.75, 3.05) is 0 Å². The number of benzene rings is 10. The fraction of sp³-hybridized carbons (Fsp3) is 0.120. The minimum Gasteiger partial charge on any atom is -0.403 e. The van der Waals surface area contributed by atoms with Crippen molar-refractivity contribution in [3.8, 4) is 33.8 Å². The van der Waals surface area contributed by atoms with Gasteiger partial charge in [-0.3, -0.25) is 0 Å². The molecular weight excluding hydrogens is 815 g/mol. The molecule has 1 heterocycles. The summed E-state index contributed by atoms with van der Waals surface area (Å²) < 4.78 is 99.1. The van der Waals surface area contributed by atoms with Crippen LogP contribution in [0, 0.1) is 0 Å². The molecular formula is C50H31F3NO5PS. The second-order valence-electron chi connectivity index (χ2n) is 16.7. The molecule has 0 saturated carbocycles. The lowest BCUT2D eigenvalue weighted by Crippen LogP contribution is -2.37. The highest BCUT2D eigenvalue weighted by atomic mass is 32.2. The van der Waals surface area contributed by atoms with Gasteiger partial charge in [0.15, 0.2) is 0 Å². The van der Waals surface area contributed by atoms with Crippen LogP contribution in [0.5, 0.6) is 11.5 Å². The maximum atomic E-state index is 15.5. The summed E-state index contributed by atoms with van der Waals surface area (Å²) in [5, 5.41) is 12.1. The van der Waals surface area contributed by atoms with Crippen molar-refractivity contribution in [1.29, 1.82) is 0 Å². The summed E-state index contributed by atoms with van der Waals surface area (Å²) in [5.41, 5.74) is -0.968. The van der Waals surface area contributed by atoms with Gasteiger partial charge < -0.3 is 9.05 Å². The van der Waals surface area contributed by atoms with Crippen LogP contribution in [0.2, 0.25) is 0 Å². The Labute approximate surface area is 346 Å². The van der Waals surface area contributed by atoms with Gasteiger partial charge in [-0.1, -0.05) is 138 Å². The second kappa shape index (κ2) is 11.8. The van der Waals surface area contributed by atoms with Crippen LogP contribution < -0.4 is 13.5 Å². The highest BCUT2D eigenvalue weighted by Gasteiger charge is 2.56. The highest BCUT2D eigenvalue weighted by molar-refractivity contribution is 7.95. The molecule has 0 saturated heterocycles. The summed E-state index contributed by atoms with van der Waals surface area (Å²) in [7, 11) is -11.8. The Morgan fingerprint density at radius 3 is 1.31 bits per heavy atom. The lowest BCUT2D eigenvalue weighted by molar-refractivity contribution is -0.0443. The van der Waals surface area contributed by atoms with Crippen molar-refractivity contribution in [2.24, 2.45) is 0 Å². The smallest absolute Gasteiger partial charge is 0.403 e. The number of alkyl halides is 3. The monoisotopic (exact) mass is 845 g/mol. The molecule has 2 aliphatic carbocycles. The molecule has 10 aromatic carbocycles. The normalized spacial score (nSPS) is 16.6. The van der Waals surface area contributed by atoms with Crippen LogP contribution in [0.1, 0.15) is 35.1 Å². The second-order valence-corrected chi connectivity index (χ2v) is 20.3. The largest absolute Gasteiger partial charge is 0.526 e. The molecule has 0 unspecified atom stereocenters. The van der Waals surface area contributed by atoms with Gasteiger partial charge in [-0.05, 0) is 113 Å². The molecule has 0 aromatic heterocycles. The summed E-state index contributed by atoms with van der Waals surface area (Å²) in [6.07, 6.45) is 2.52. The number of hydrogen-bond acceptors (Lipinski definition) is 5. The van der Waals surface area contributed by atoms with E-state index >= 15 is 4.57 Å². The van der Waals surface area contributed by atoms with E-state index in [1.807, 2.05) is 84.9 Å². The Bertz CT molecular complexity index is 3500. The van der Waals surface area contributed by atoms with Crippen molar-refractivity contribution in [3.63, 3.8) is 0 Å². The van der Waals surface area contributed by atoms with E-state index in [0.717, 1.165) is 75.8 Å². The Hall–Kier alpha value is -6.19. The van der Waals surface area contributed by atoms with Gasteiger partial charge in [-0.15, -0.1) is 0 Å². The van der Waals surface area contributed by atoms with E-state index in [0.29, 0.717) is 59.1 Å². The molecule has 6 nitrogen and oxygen atoms in total. The summed E-state index contributed by atoms with van der Waals surface area (Å²) in [6, 6.07) is 44.3. The molecule has 0 bridgehead atoms. The average molecular weight is 846 g/mol. The first-order chi connectivity index (χ1) is 29.4. The van der Waals surface area contributed by atoms with Gasteiger partial charge in [0, 0.05) is 27.7 Å². The van der Waals surface area contributed by atoms with Crippen LogP contribution in [-0.2, 0) is 32.8 Å². The molecule has 0 amide bonds. The molecule has 0 fully saturated rings. The molecule has 1 N–H and O–H groups in total. The van der Waals surface area contributed by atoms with Gasteiger partial charge in [-0.2, -0.15) is 13.2 Å². The van der Waals surface area contributed by atoms with Gasteiger partial charge >= 0.3 is 23.3 Å². The standard InChI is InChI=1S/C50H31F3NO5PS/c51-50(52,53)61(56,57)54-60(55)58-47-39(35-17-11-31-9-7-27-3-1-5-29-13-19-37(35)43(31)41(27)29)21-15-33-23-25-49(45(33)47)26-24-34-16-22-40(48(59-60)46(34)49)36-18-12-32-10-8-28-4-2-6-30-14-20-38(36)44(32)42(28)30/h1-22H,23-26H2,(H,54,55). The van der Waals surface area contributed by atoms with E-state index < -0.39 is 28.7 Å². The van der Waals surface area contributed by atoms with Crippen molar-refractivity contribution >= 4 is 82.4 Å². The zero-order valence-corrected chi connectivity index (χ0v) is 33.8. The fourth-order valence-corrected chi connectivity index (χ4v) is 14.0. The van der Waals surface area contributed by atoms with Crippen LogP contribution in [0.15, 0.2) is 133 Å². The Kier molecular flexibility index (Phi) is 6.87. The summed E-state index contributed by atoms with van der Waals surface area (Å²) in [4.78, 5) is 0. The van der Waals surface area contributed by atoms with E-state index in [9.17, 15) is 21.6 Å². The number of rotatable bonds is 4. The number of hydrogen-bond donors (Lipinski definition) is 1. The van der Waals surface area contributed by atoms with E-state index in [2.05, 4.69) is 48.5 Å². The van der Waals surface area contributed by atoms with Gasteiger partial charge in [0.2, 0.25) is 0 Å². The van der Waals surface area contributed by atoms with E-state index in [4.69, 9.17) is 9.05 Å². The molecule has 0 radical (unpaired) electrons. The quantitative estimate of drug-likeness (QED) is 0.141. The topological polar surface area (TPSA) is 81.7 Å². The predicted octanol–water partition coefficient (Wildman–Crippen LogP) is 13.3. The van der Waals surface area contributed by atoms with Gasteiger partial charge in [0.1, 0.15) is 11.5 Å². The minimum atomic E-state index is -6.26. The zero-order valence-electron chi connectivity index (χ0n) is 32.1. The molecule has 1 aliphatic heterocycles. The SMILES string of the molecule is O=P1(NS(=O)(=O)C(F)(F)F)Oc2c(-c3ccc4ccc5cccc6ccc3c4c56)ccc3c2C2(CC3)CCc3ccc(-c4ccc5ccc6cccc7ccc4c5c67)c(c32)O1. The van der Waals surface area contributed by atoms with Crippen molar-refractivity contribution < 1.29 is 35.2 Å². The Balaban J connectivity index is 1.11. The van der Waals surface area contributed by atoms with Gasteiger partial charge in [0.05, 0.1) is 0 Å². The number of halogens is 3. The number of sulfonamides is 1. The van der Waals surface area contributed by atoms with Crippen molar-refractivity contribution in [1.82, 2.24) is 4.49 Å². The molecule has 0 atom stereocenters. The van der Waals surface area contributed by atoms with Crippen LogP contribution in [-0.4, -0.2) is 13.9 Å². The van der Waals surface area contributed by atoms with Crippen LogP contribution in [0.3, 0.4) is 0 Å². The summed E-state index contributed by atoms with van der Waals surface area (Å²) in [6.45, 7) is 0. The van der Waals surface area contributed by atoms with Crippen molar-refractivity contribution in [2.45, 2.75) is 36.6 Å². The Morgan fingerprint density at radius 1 is 0.508 bits per heavy atom. The first-order valence-electron chi connectivity index (χ1n) is 20.2. The third-order valence-corrected chi connectivity index (χ3v) is 17.0. The van der Waals surface area contributed by atoms with Gasteiger partial charge in [-0.25, -0.2) is 13.0 Å². The molecule has 10 aromatic rings. The van der Waals surface area contributed by atoms with E-state index in [1.165, 1.54) is 4.49 Å². The lowest BCUT2D eigenvalue weighted by atomic mass is 9.74. The lowest BCUT2D eigenvalue weighted by Gasteiger charge is -2.36. The van der Waals surface area contributed by atoms with E-state index in [1.54, 1.807) is 0 Å². The molecule has 1 spiro atoms. The first kappa shape index (κ1) is 35.6. The van der Waals surface area contributed by atoms with E-state index in [-0.39, 0.29) is 11.5 Å². The van der Waals surface area contributed by atoms with Crippen LogP contribution in [0.4, 0.5) is 13.2 Å². The third kappa shape index (κ3) is 4.73. The summed E-state index contributed by atoms with van der Waals surface area (Å²) >= 11 is 0. The first-order valence-corrected chi connectivity index (χ1v) is 23.2. The Morgan fingerprint density at radius 2 is 0.885 bits per heavy atom. The van der Waals surface area contributed by atoms with Gasteiger partial charge in [0.25, 0.3) is 0 Å². The average Bonchev–Trinajstić information content (AvgIpc) is 3.82. The van der Waals surface area contributed by atoms with Crippen LogP contribution >= 0.6 is 7.75 Å². The molecule has 298 valence electrons. The predicted molar refractivity (Wildman–Crippen MR) is 236 cm³/mol. The molecule has 61 heavy (non-hydrogen) atoms. The number of aryl methyl sites for hydroxylation is 2. The van der Waals surface area contributed by atoms with Crippen molar-refractivity contribution in [3.05, 3.63) is 156 Å². The molecule has 3 aliphatic rings. The minimum absolute atomic E-state index is 0.0601. The maximum Gasteiger partial charge on any atom is 0.526 e. The molecule has 13 rings (SSSR count). The number of nitrogens with one attached hydrogen (secondary N) is 1. The maximum absolute atomic E-state index is 15.5. The summed E-state index contributed by atoms with van der Waals surface area (Å²) in [5.74, 6) is 0.120. The zero-order chi connectivity index (χ0) is 41.2. The molecule has 11 heteroatoms. The van der Waals surface area contributed by atoms with Crippen LogP contribution in [0.25, 0.3) is 86.9 Å².